The van der Waals surface area contributed by atoms with Crippen LogP contribution in [0.5, 0.6) is 11.5 Å². The summed E-state index contributed by atoms with van der Waals surface area (Å²) in [5.74, 6) is 2.21. The van der Waals surface area contributed by atoms with Gasteiger partial charge >= 0.3 is 0 Å². The molecule has 2 aromatic carbocycles. The zero-order valence-electron chi connectivity index (χ0n) is 17.7. The van der Waals surface area contributed by atoms with Gasteiger partial charge in [-0.05, 0) is 58.0 Å². The van der Waals surface area contributed by atoms with Crippen LogP contribution in [-0.2, 0) is 13.0 Å². The number of nitrogens with zero attached hydrogens (tertiary/aromatic N) is 3. The van der Waals surface area contributed by atoms with Crippen LogP contribution in [0, 0.1) is 6.92 Å². The van der Waals surface area contributed by atoms with E-state index in [9.17, 15) is 4.79 Å². The molecule has 1 aliphatic rings. The molecule has 1 aliphatic heterocycles. The summed E-state index contributed by atoms with van der Waals surface area (Å²) in [7, 11) is 0. The third-order valence-electron chi connectivity index (χ3n) is 5.22. The summed E-state index contributed by atoms with van der Waals surface area (Å²) < 4.78 is 13.7. The topological polar surface area (TPSA) is 77.7 Å². The molecule has 1 amide bonds. The van der Waals surface area contributed by atoms with Crippen molar-refractivity contribution >= 4 is 23.2 Å². The minimum absolute atomic E-state index is 0.149. The second kappa shape index (κ2) is 8.18. The van der Waals surface area contributed by atoms with Crippen LogP contribution in [0.3, 0.4) is 0 Å². The van der Waals surface area contributed by atoms with E-state index in [1.807, 2.05) is 39.0 Å². The number of carbonyl (C=O) groups excluding carboxylic acids is 1. The normalized spacial score (nSPS) is 15.4. The Morgan fingerprint density at radius 3 is 2.97 bits per heavy atom. The molecule has 1 aromatic heterocycles. The fourth-order valence-corrected chi connectivity index (χ4v) is 3.85. The zero-order valence-corrected chi connectivity index (χ0v) is 17.7. The summed E-state index contributed by atoms with van der Waals surface area (Å²) in [4.78, 5) is 17.1. The van der Waals surface area contributed by atoms with Gasteiger partial charge in [-0.1, -0.05) is 0 Å². The monoisotopic (exact) mass is 406 g/mol. The first-order valence-electron chi connectivity index (χ1n) is 10.3. The Morgan fingerprint density at radius 1 is 1.37 bits per heavy atom. The number of amides is 1. The Labute approximate surface area is 175 Å². The van der Waals surface area contributed by atoms with Crippen molar-refractivity contribution in [3.05, 3.63) is 52.8 Å². The molecule has 0 aliphatic carbocycles. The molecular formula is C23H26N4O3. The molecule has 0 radical (unpaired) electrons. The summed E-state index contributed by atoms with van der Waals surface area (Å²) in [5.41, 5.74) is 6.81. The highest BCUT2D eigenvalue weighted by Gasteiger charge is 2.21. The van der Waals surface area contributed by atoms with Gasteiger partial charge in [0.1, 0.15) is 23.4 Å². The van der Waals surface area contributed by atoms with Gasteiger partial charge in [-0.25, -0.2) is 10.4 Å². The number of aryl methyl sites for hydroxylation is 2. The van der Waals surface area contributed by atoms with Crippen molar-refractivity contribution in [3.63, 3.8) is 0 Å². The van der Waals surface area contributed by atoms with Gasteiger partial charge in [0.15, 0.2) is 0 Å². The van der Waals surface area contributed by atoms with Crippen molar-refractivity contribution in [2.45, 2.75) is 46.8 Å². The molecule has 30 heavy (non-hydrogen) atoms. The zero-order chi connectivity index (χ0) is 21.3. The summed E-state index contributed by atoms with van der Waals surface area (Å²) in [6, 6.07) is 9.40. The molecule has 2 heterocycles. The number of rotatable bonds is 6. The predicted octanol–water partition coefficient (Wildman–Crippen LogP) is 3.85. The van der Waals surface area contributed by atoms with E-state index in [0.717, 1.165) is 52.4 Å². The fraction of sp³-hybridized carbons (Fsp3) is 0.348. The number of fused-ring (bicyclic) bond motifs is 2. The molecule has 3 aromatic rings. The SMILES string of the molecule is CCOc1cc2c(cc1/C=N\NC(=O)c1ccc3c(c1)nc(C)n3CC)O[C@@H](C)C2. The van der Waals surface area contributed by atoms with Gasteiger partial charge in [0.05, 0.1) is 23.9 Å². The van der Waals surface area contributed by atoms with E-state index < -0.39 is 0 Å². The second-order valence-electron chi connectivity index (χ2n) is 7.37. The van der Waals surface area contributed by atoms with Crippen molar-refractivity contribution in [2.24, 2.45) is 5.10 Å². The highest BCUT2D eigenvalue weighted by molar-refractivity contribution is 5.98. The van der Waals surface area contributed by atoms with Gasteiger partial charge in [0.2, 0.25) is 0 Å². The van der Waals surface area contributed by atoms with Gasteiger partial charge in [0.25, 0.3) is 5.91 Å². The minimum atomic E-state index is -0.291. The molecule has 7 nitrogen and oxygen atoms in total. The summed E-state index contributed by atoms with van der Waals surface area (Å²) in [5, 5.41) is 4.14. The molecular weight excluding hydrogens is 380 g/mol. The number of aromatic nitrogens is 2. The second-order valence-corrected chi connectivity index (χ2v) is 7.37. The van der Waals surface area contributed by atoms with Crippen molar-refractivity contribution in [2.75, 3.05) is 6.61 Å². The lowest BCUT2D eigenvalue weighted by Crippen LogP contribution is -2.17. The van der Waals surface area contributed by atoms with Crippen LogP contribution >= 0.6 is 0 Å². The van der Waals surface area contributed by atoms with Crippen molar-refractivity contribution in [1.82, 2.24) is 15.0 Å². The van der Waals surface area contributed by atoms with Gasteiger partial charge in [0, 0.05) is 29.7 Å². The first kappa shape index (κ1) is 19.9. The van der Waals surface area contributed by atoms with E-state index >= 15 is 0 Å². The van der Waals surface area contributed by atoms with Crippen LogP contribution in [0.2, 0.25) is 0 Å². The lowest BCUT2D eigenvalue weighted by atomic mass is 10.1. The summed E-state index contributed by atoms with van der Waals surface area (Å²) in [6.07, 6.45) is 2.60. The van der Waals surface area contributed by atoms with Crippen LogP contribution in [0.1, 0.15) is 48.1 Å². The molecule has 0 bridgehead atoms. The lowest BCUT2D eigenvalue weighted by Gasteiger charge is -2.09. The highest BCUT2D eigenvalue weighted by atomic mass is 16.5. The maximum Gasteiger partial charge on any atom is 0.271 e. The Hall–Kier alpha value is -3.35. The average molecular weight is 406 g/mol. The van der Waals surface area contributed by atoms with Crippen molar-refractivity contribution in [3.8, 4) is 11.5 Å². The van der Waals surface area contributed by atoms with Crippen molar-refractivity contribution < 1.29 is 14.3 Å². The number of benzene rings is 2. The van der Waals surface area contributed by atoms with Gasteiger partial charge in [-0.15, -0.1) is 0 Å². The number of ether oxygens (including phenoxy) is 2. The first-order valence-corrected chi connectivity index (χ1v) is 10.3. The van der Waals surface area contributed by atoms with E-state index in [0.29, 0.717) is 12.2 Å². The number of nitrogens with one attached hydrogen (secondary N) is 1. The Kier molecular flexibility index (Phi) is 5.44. The highest BCUT2D eigenvalue weighted by Crippen LogP contribution is 2.34. The van der Waals surface area contributed by atoms with E-state index in [4.69, 9.17) is 9.47 Å². The summed E-state index contributed by atoms with van der Waals surface area (Å²) >= 11 is 0. The Morgan fingerprint density at radius 2 is 2.20 bits per heavy atom. The van der Waals surface area contributed by atoms with Gasteiger partial charge < -0.3 is 14.0 Å². The minimum Gasteiger partial charge on any atom is -0.493 e. The lowest BCUT2D eigenvalue weighted by molar-refractivity contribution is 0.0955. The maximum absolute atomic E-state index is 12.6. The predicted molar refractivity (Wildman–Crippen MR) is 117 cm³/mol. The van der Waals surface area contributed by atoms with E-state index in [1.165, 1.54) is 0 Å². The Bertz CT molecular complexity index is 1130. The molecule has 1 N–H and O–H groups in total. The van der Waals surface area contributed by atoms with Gasteiger partial charge in [-0.2, -0.15) is 5.10 Å². The smallest absolute Gasteiger partial charge is 0.271 e. The largest absolute Gasteiger partial charge is 0.493 e. The standard InChI is InChI=1S/C23H26N4O3/c1-5-27-15(4)25-19-10-16(7-8-20(19)27)23(28)26-24-13-18-12-22-17(9-14(3)30-22)11-21(18)29-6-2/h7-8,10-14H,5-6,9H2,1-4H3,(H,26,28)/b24-13-/t14-/m0/s1. The molecule has 1 atom stereocenters. The molecule has 4 rings (SSSR count). The number of hydrogen-bond donors (Lipinski definition) is 1. The van der Waals surface area contributed by atoms with E-state index in [1.54, 1.807) is 18.3 Å². The van der Waals surface area contributed by atoms with Crippen LogP contribution in [0.4, 0.5) is 0 Å². The molecule has 156 valence electrons. The van der Waals surface area contributed by atoms with Crippen LogP contribution in [-0.4, -0.2) is 34.4 Å². The number of hydrogen-bond acceptors (Lipinski definition) is 5. The van der Waals surface area contributed by atoms with Crippen molar-refractivity contribution in [1.29, 1.82) is 0 Å². The van der Waals surface area contributed by atoms with Crippen LogP contribution < -0.4 is 14.9 Å². The number of carbonyl (C=O) groups is 1. The fourth-order valence-electron chi connectivity index (χ4n) is 3.85. The molecule has 7 heteroatoms. The molecule has 0 spiro atoms. The summed E-state index contributed by atoms with van der Waals surface area (Å²) in [6.45, 7) is 9.40. The van der Waals surface area contributed by atoms with Gasteiger partial charge in [-0.3, -0.25) is 4.79 Å². The molecule has 0 saturated carbocycles. The van der Waals surface area contributed by atoms with E-state index in [-0.39, 0.29) is 12.0 Å². The third kappa shape index (κ3) is 3.75. The Balaban J connectivity index is 1.52. The molecule has 0 saturated heterocycles. The first-order chi connectivity index (χ1) is 14.5. The third-order valence-corrected chi connectivity index (χ3v) is 5.22. The molecule has 0 fully saturated rings. The maximum atomic E-state index is 12.6. The van der Waals surface area contributed by atoms with Crippen LogP contribution in [0.15, 0.2) is 35.4 Å². The van der Waals surface area contributed by atoms with E-state index in [2.05, 4.69) is 27.0 Å². The quantitative estimate of drug-likeness (QED) is 0.498. The van der Waals surface area contributed by atoms with Crippen LogP contribution in [0.25, 0.3) is 11.0 Å². The number of hydrazone groups is 1. The number of imidazole rings is 1. The average Bonchev–Trinajstić information content (AvgIpc) is 3.24. The molecule has 0 unspecified atom stereocenters.